The molecule has 0 aliphatic heterocycles. The van der Waals surface area contributed by atoms with Crippen LogP contribution in [0.3, 0.4) is 0 Å². The molecule has 0 atom stereocenters. The van der Waals surface area contributed by atoms with Gasteiger partial charge in [-0.15, -0.1) is 0 Å². The summed E-state index contributed by atoms with van der Waals surface area (Å²) in [7, 11) is 1.60. The fourth-order valence-electron chi connectivity index (χ4n) is 4.01. The Bertz CT molecular complexity index is 1900. The number of carbonyl (C=O) groups is 1. The van der Waals surface area contributed by atoms with Gasteiger partial charge in [-0.1, -0.05) is 26.0 Å². The second-order valence-electron chi connectivity index (χ2n) is 8.39. The van der Waals surface area contributed by atoms with Crippen molar-refractivity contribution < 1.29 is 10.6 Å². The van der Waals surface area contributed by atoms with Gasteiger partial charge in [-0.25, -0.2) is 15.0 Å². The molecule has 0 saturated carbocycles. The summed E-state index contributed by atoms with van der Waals surface area (Å²) >= 11 is 0. The van der Waals surface area contributed by atoms with Crippen LogP contribution >= 0.6 is 0 Å². The van der Waals surface area contributed by atoms with Crippen molar-refractivity contribution in [1.29, 1.82) is 10.5 Å². The van der Waals surface area contributed by atoms with Crippen molar-refractivity contribution in [2.45, 2.75) is 13.8 Å². The summed E-state index contributed by atoms with van der Waals surface area (Å²) in [5.41, 5.74) is 6.47. The highest BCUT2D eigenvalue weighted by atomic mass is 19.1. The molecule has 10 heteroatoms. The summed E-state index contributed by atoms with van der Waals surface area (Å²) in [6, 6.07) is 18.2. The molecule has 3 N–H and O–H groups in total. The third kappa shape index (κ3) is 6.08. The number of rotatable bonds is 3. The Balaban J connectivity index is 0.000000215. The summed E-state index contributed by atoms with van der Waals surface area (Å²) in [5, 5.41) is 22.2. The van der Waals surface area contributed by atoms with Gasteiger partial charge in [0.1, 0.15) is 23.4 Å². The van der Waals surface area contributed by atoms with Crippen molar-refractivity contribution >= 4 is 28.0 Å². The highest BCUT2D eigenvalue weighted by Crippen LogP contribution is 2.25. The Morgan fingerprint density at radius 3 is 1.73 bits per heavy atom. The molecule has 0 spiro atoms. The lowest BCUT2D eigenvalue weighted by molar-refractivity contribution is 0.0963. The number of pyridine rings is 3. The van der Waals surface area contributed by atoms with E-state index >= 15 is 0 Å². The van der Waals surface area contributed by atoms with Gasteiger partial charge in [0.05, 0.1) is 11.1 Å². The van der Waals surface area contributed by atoms with E-state index in [2.05, 4.69) is 42.4 Å². The molecule has 0 aliphatic carbocycles. The van der Waals surface area contributed by atoms with Crippen LogP contribution in [-0.4, -0.2) is 37.9 Å². The zero-order chi connectivity index (χ0) is 29.4. The van der Waals surface area contributed by atoms with Crippen LogP contribution in [0.15, 0.2) is 79.5 Å². The zero-order valence-electron chi connectivity index (χ0n) is 22.5. The summed E-state index contributed by atoms with van der Waals surface area (Å²) < 4.78 is 12.7. The second kappa shape index (κ2) is 12.8. The molecule has 5 heterocycles. The number of halogens is 1. The van der Waals surface area contributed by atoms with Crippen molar-refractivity contribution in [2.75, 3.05) is 7.05 Å². The van der Waals surface area contributed by atoms with E-state index in [9.17, 15) is 9.18 Å². The van der Waals surface area contributed by atoms with Gasteiger partial charge in [0.2, 0.25) is 5.95 Å². The molecule has 0 bridgehead atoms. The minimum Gasteiger partial charge on any atom is -0.355 e. The average molecular weight is 547 g/mol. The van der Waals surface area contributed by atoms with E-state index < -0.39 is 5.95 Å². The summed E-state index contributed by atoms with van der Waals surface area (Å²) in [6.07, 6.45) is 8.11. The van der Waals surface area contributed by atoms with Crippen LogP contribution in [-0.2, 0) is 0 Å². The molecule has 0 aliphatic rings. The molecule has 6 aromatic rings. The Morgan fingerprint density at radius 2 is 1.27 bits per heavy atom. The van der Waals surface area contributed by atoms with E-state index in [-0.39, 0.29) is 7.33 Å². The average Bonchev–Trinajstić information content (AvgIpc) is 3.65. The Morgan fingerprint density at radius 1 is 0.780 bits per heavy atom. The number of H-pyrrole nitrogens is 2. The molecule has 1 aromatic carbocycles. The Kier molecular flexibility index (Phi) is 8.78. The van der Waals surface area contributed by atoms with Gasteiger partial charge in [0.15, 0.2) is 0 Å². The first-order valence-corrected chi connectivity index (χ1v) is 12.7. The molecule has 204 valence electrons. The van der Waals surface area contributed by atoms with E-state index in [1.807, 2.05) is 38.1 Å². The first-order chi connectivity index (χ1) is 20.0. The Labute approximate surface area is 236 Å². The van der Waals surface area contributed by atoms with Crippen molar-refractivity contribution in [1.82, 2.24) is 30.2 Å². The smallest absolute Gasteiger partial charge is 0.251 e. The van der Waals surface area contributed by atoms with Gasteiger partial charge in [-0.3, -0.25) is 4.79 Å². The number of nitrogens with one attached hydrogen (secondary N) is 3. The monoisotopic (exact) mass is 546 g/mol. The lowest BCUT2D eigenvalue weighted by atomic mass is 10.0. The molecule has 6 rings (SSSR count). The highest BCUT2D eigenvalue weighted by Gasteiger charge is 2.09. The lowest BCUT2D eigenvalue weighted by Crippen LogP contribution is -2.17. The number of benzene rings is 1. The number of fused-ring (bicyclic) bond motifs is 2. The standard InChI is InChI=1S/C16H12N4O.C13H7FN4.C2H6.H2/c1-18-16(21)11-4-2-10(3-5-11)12-6-14-13(7-17)9-20-15(14)19-8-12;14-12-2-1-8(5-16-12)9-3-11-10(4-15)7-18-13(11)17-6-9;1-2;/h2-6,8-9H,1H3,(H,18,21)(H,19,20);1-3,5-7H,(H,17,18);1-2H3;1H. The van der Waals surface area contributed by atoms with Crippen LogP contribution in [0.25, 0.3) is 44.3 Å². The number of nitrogens with zero attached hydrogens (tertiary/aromatic N) is 5. The molecule has 5 aromatic heterocycles. The maximum absolute atomic E-state index is 12.7. The van der Waals surface area contributed by atoms with Crippen molar-refractivity contribution in [3.05, 3.63) is 102 Å². The van der Waals surface area contributed by atoms with E-state index in [4.69, 9.17) is 10.5 Å². The molecular weight excluding hydrogens is 519 g/mol. The third-order valence-electron chi connectivity index (χ3n) is 6.07. The fraction of sp³-hybridized carbons (Fsp3) is 0.0968. The minimum atomic E-state index is -0.521. The van der Waals surface area contributed by atoms with Gasteiger partial charge >= 0.3 is 0 Å². The predicted octanol–water partition coefficient (Wildman–Crippen LogP) is 6.37. The molecule has 41 heavy (non-hydrogen) atoms. The largest absolute Gasteiger partial charge is 0.355 e. The summed E-state index contributed by atoms with van der Waals surface area (Å²) in [5.74, 6) is -0.639. The second-order valence-corrected chi connectivity index (χ2v) is 8.39. The van der Waals surface area contributed by atoms with E-state index in [0.29, 0.717) is 28.0 Å². The number of aromatic nitrogens is 5. The predicted molar refractivity (Wildman–Crippen MR) is 157 cm³/mol. The fourth-order valence-corrected chi connectivity index (χ4v) is 4.01. The molecule has 0 fully saturated rings. The maximum Gasteiger partial charge on any atom is 0.251 e. The van der Waals surface area contributed by atoms with E-state index in [1.165, 1.54) is 12.3 Å². The topological polar surface area (TPSA) is 147 Å². The molecule has 0 radical (unpaired) electrons. The SMILES string of the molecule is CC.CNC(=O)c1ccc(-c2cnc3[nH]cc(C#N)c3c2)cc1.N#Cc1c[nH]c2ncc(-c3ccc(F)nc3)cc12.[HH]. The number of aromatic amines is 2. The van der Waals surface area contributed by atoms with Crippen LogP contribution in [0, 0.1) is 28.6 Å². The first-order valence-electron chi connectivity index (χ1n) is 12.7. The third-order valence-corrected chi connectivity index (χ3v) is 6.07. The molecule has 9 nitrogen and oxygen atoms in total. The van der Waals surface area contributed by atoms with Gasteiger partial charge < -0.3 is 15.3 Å². The number of nitriles is 2. The lowest BCUT2D eigenvalue weighted by Gasteiger charge is -2.04. The molecule has 0 unspecified atom stereocenters. The van der Waals surface area contributed by atoms with Gasteiger partial charge in [-0.2, -0.15) is 14.9 Å². The summed E-state index contributed by atoms with van der Waals surface area (Å²) in [6.45, 7) is 4.00. The van der Waals surface area contributed by atoms with Gasteiger partial charge in [0, 0.05) is 72.5 Å². The van der Waals surface area contributed by atoms with Crippen LogP contribution in [0.5, 0.6) is 0 Å². The normalized spacial score (nSPS) is 10.0. The number of hydrogen-bond acceptors (Lipinski definition) is 6. The number of amides is 1. The first kappa shape index (κ1) is 28.1. The van der Waals surface area contributed by atoms with E-state index in [1.54, 1.807) is 50.0 Å². The molecular formula is C31H27FN8O. The molecule has 0 saturated heterocycles. The molecule has 1 amide bonds. The van der Waals surface area contributed by atoms with Gasteiger partial charge in [-0.05, 0) is 42.0 Å². The van der Waals surface area contributed by atoms with Crippen LogP contribution in [0.4, 0.5) is 4.39 Å². The highest BCUT2D eigenvalue weighted by molar-refractivity contribution is 5.94. The van der Waals surface area contributed by atoms with Crippen LogP contribution in [0.1, 0.15) is 36.8 Å². The van der Waals surface area contributed by atoms with Crippen LogP contribution in [0.2, 0.25) is 0 Å². The quantitative estimate of drug-likeness (QED) is 0.220. The Hall–Kier alpha value is -5.87. The summed E-state index contributed by atoms with van der Waals surface area (Å²) in [4.78, 5) is 29.5. The minimum absolute atomic E-state index is 0. The zero-order valence-corrected chi connectivity index (χ0v) is 22.5. The number of hydrogen-bond donors (Lipinski definition) is 3. The maximum atomic E-state index is 12.7. The van der Waals surface area contributed by atoms with Crippen molar-refractivity contribution in [2.24, 2.45) is 0 Å². The van der Waals surface area contributed by atoms with Crippen molar-refractivity contribution in [3.8, 4) is 34.4 Å². The number of carbonyl (C=O) groups excluding carboxylic acids is 1. The van der Waals surface area contributed by atoms with Gasteiger partial charge in [0.25, 0.3) is 5.91 Å². The van der Waals surface area contributed by atoms with Crippen LogP contribution < -0.4 is 5.32 Å². The van der Waals surface area contributed by atoms with E-state index in [0.717, 1.165) is 33.0 Å². The van der Waals surface area contributed by atoms with Crippen molar-refractivity contribution in [3.63, 3.8) is 0 Å².